The van der Waals surface area contributed by atoms with Crippen molar-refractivity contribution >= 4 is 11.8 Å². The van der Waals surface area contributed by atoms with Crippen LogP contribution in [0, 0.1) is 0 Å². The van der Waals surface area contributed by atoms with E-state index in [0.29, 0.717) is 11.7 Å². The third kappa shape index (κ3) is 3.48. The number of nitrogens with two attached hydrogens (primary N) is 1. The first-order valence-corrected chi connectivity index (χ1v) is 6.19. The van der Waals surface area contributed by atoms with E-state index in [1.807, 2.05) is 13.2 Å². The molecule has 86 valence electrons. The second-order valence-electron chi connectivity index (χ2n) is 3.26. The van der Waals surface area contributed by atoms with Gasteiger partial charge in [0.1, 0.15) is 6.10 Å². The summed E-state index contributed by atoms with van der Waals surface area (Å²) >= 11 is 1.75. The van der Waals surface area contributed by atoms with Gasteiger partial charge in [0.05, 0.1) is 6.04 Å². The molecule has 2 atom stereocenters. The molecule has 0 fully saturated rings. The summed E-state index contributed by atoms with van der Waals surface area (Å²) in [7, 11) is 1.61. The highest BCUT2D eigenvalue weighted by atomic mass is 32.2. The van der Waals surface area contributed by atoms with Gasteiger partial charge in [0, 0.05) is 7.11 Å². The lowest BCUT2D eigenvalue weighted by molar-refractivity contribution is 0.109. The minimum Gasteiger partial charge on any atom is -0.374 e. The van der Waals surface area contributed by atoms with E-state index in [-0.39, 0.29) is 12.1 Å². The summed E-state index contributed by atoms with van der Waals surface area (Å²) < 4.78 is 10.2. The third-order valence-electron chi connectivity index (χ3n) is 2.12. The second kappa shape index (κ2) is 6.09. The van der Waals surface area contributed by atoms with Crippen molar-refractivity contribution in [2.45, 2.75) is 25.5 Å². The molecule has 1 unspecified atom stereocenters. The molecule has 0 amide bonds. The van der Waals surface area contributed by atoms with Crippen molar-refractivity contribution in [1.82, 2.24) is 10.1 Å². The first-order valence-electron chi connectivity index (χ1n) is 4.79. The Hall–Kier alpha value is -0.590. The van der Waals surface area contributed by atoms with Gasteiger partial charge in [0.25, 0.3) is 0 Å². The molecular formula is C9H17N3O2S. The highest BCUT2D eigenvalue weighted by molar-refractivity contribution is 7.98. The third-order valence-corrected chi connectivity index (χ3v) is 2.77. The van der Waals surface area contributed by atoms with Crippen molar-refractivity contribution in [2.75, 3.05) is 19.1 Å². The van der Waals surface area contributed by atoms with Crippen molar-refractivity contribution in [3.05, 3.63) is 11.7 Å². The molecule has 1 aromatic heterocycles. The standard InChI is InChI=1S/C9H17N3O2S/c1-6(13-2)8-11-9(14-12-8)7(10)4-5-15-3/h6-7H,4-5,10H2,1-3H3/t6?,7-/m1/s1. The molecule has 15 heavy (non-hydrogen) atoms. The van der Waals surface area contributed by atoms with Crippen LogP contribution in [0.5, 0.6) is 0 Å². The van der Waals surface area contributed by atoms with Gasteiger partial charge in [-0.05, 0) is 25.4 Å². The van der Waals surface area contributed by atoms with E-state index >= 15 is 0 Å². The van der Waals surface area contributed by atoms with Gasteiger partial charge in [-0.1, -0.05) is 5.16 Å². The SMILES string of the molecule is COC(C)c1noc([C@H](N)CCSC)n1. The topological polar surface area (TPSA) is 74.2 Å². The van der Waals surface area contributed by atoms with Crippen LogP contribution in [0.25, 0.3) is 0 Å². The first kappa shape index (κ1) is 12.5. The highest BCUT2D eigenvalue weighted by Gasteiger charge is 2.17. The summed E-state index contributed by atoms with van der Waals surface area (Å²) in [4.78, 5) is 4.20. The molecule has 0 saturated heterocycles. The van der Waals surface area contributed by atoms with Gasteiger partial charge in [0.2, 0.25) is 5.89 Å². The van der Waals surface area contributed by atoms with E-state index in [1.54, 1.807) is 18.9 Å². The molecule has 0 aliphatic carbocycles. The van der Waals surface area contributed by atoms with Crippen molar-refractivity contribution < 1.29 is 9.26 Å². The Labute approximate surface area is 93.7 Å². The zero-order valence-electron chi connectivity index (χ0n) is 9.27. The largest absolute Gasteiger partial charge is 0.374 e. The Bertz CT molecular complexity index is 293. The molecule has 0 aromatic carbocycles. The smallest absolute Gasteiger partial charge is 0.243 e. The van der Waals surface area contributed by atoms with Crippen LogP contribution >= 0.6 is 11.8 Å². The van der Waals surface area contributed by atoms with Crippen LogP contribution in [0.15, 0.2) is 4.52 Å². The summed E-state index contributed by atoms with van der Waals surface area (Å²) in [6.07, 6.45) is 2.72. The minimum atomic E-state index is -0.178. The summed E-state index contributed by atoms with van der Waals surface area (Å²) in [6.45, 7) is 1.86. The van der Waals surface area contributed by atoms with E-state index in [4.69, 9.17) is 15.0 Å². The van der Waals surface area contributed by atoms with Gasteiger partial charge < -0.3 is 15.0 Å². The average molecular weight is 231 g/mol. The number of hydrogen-bond acceptors (Lipinski definition) is 6. The maximum atomic E-state index is 5.89. The van der Waals surface area contributed by atoms with Crippen molar-refractivity contribution in [2.24, 2.45) is 5.73 Å². The molecule has 0 bridgehead atoms. The molecule has 0 aliphatic heterocycles. The molecule has 0 radical (unpaired) electrons. The lowest BCUT2D eigenvalue weighted by Crippen LogP contribution is -2.12. The van der Waals surface area contributed by atoms with Gasteiger partial charge in [0.15, 0.2) is 5.82 Å². The number of hydrogen-bond donors (Lipinski definition) is 1. The normalized spacial score (nSPS) is 15.2. The fourth-order valence-corrected chi connectivity index (χ4v) is 1.53. The summed E-state index contributed by atoms with van der Waals surface area (Å²) in [5.74, 6) is 2.02. The van der Waals surface area contributed by atoms with E-state index in [1.165, 1.54) is 0 Å². The van der Waals surface area contributed by atoms with E-state index < -0.39 is 0 Å². The number of aromatic nitrogens is 2. The molecule has 5 nitrogen and oxygen atoms in total. The van der Waals surface area contributed by atoms with Crippen LogP contribution < -0.4 is 5.73 Å². The molecule has 6 heteroatoms. The molecule has 1 aromatic rings. The predicted octanol–water partition coefficient (Wildman–Crippen LogP) is 1.53. The average Bonchev–Trinajstić information content (AvgIpc) is 2.74. The zero-order chi connectivity index (χ0) is 11.3. The maximum absolute atomic E-state index is 5.89. The summed E-state index contributed by atoms with van der Waals surface area (Å²) in [6, 6.07) is -0.178. The van der Waals surface area contributed by atoms with Gasteiger partial charge in [-0.2, -0.15) is 16.7 Å². The van der Waals surface area contributed by atoms with Gasteiger partial charge in [-0.25, -0.2) is 0 Å². The van der Waals surface area contributed by atoms with Crippen LogP contribution in [0.3, 0.4) is 0 Å². The van der Waals surface area contributed by atoms with Crippen LogP contribution in [0.1, 0.15) is 37.2 Å². The monoisotopic (exact) mass is 231 g/mol. The Morgan fingerprint density at radius 3 is 2.93 bits per heavy atom. The number of ether oxygens (including phenoxy) is 1. The Morgan fingerprint density at radius 2 is 2.33 bits per heavy atom. The molecule has 1 rings (SSSR count). The van der Waals surface area contributed by atoms with Crippen molar-refractivity contribution in [1.29, 1.82) is 0 Å². The van der Waals surface area contributed by atoms with Crippen LogP contribution in [0.2, 0.25) is 0 Å². The minimum absolute atomic E-state index is 0.157. The Balaban J connectivity index is 2.58. The van der Waals surface area contributed by atoms with Crippen LogP contribution in [-0.2, 0) is 4.74 Å². The van der Waals surface area contributed by atoms with Crippen molar-refractivity contribution in [3.63, 3.8) is 0 Å². The fraction of sp³-hybridized carbons (Fsp3) is 0.778. The number of rotatable bonds is 6. The molecule has 2 N–H and O–H groups in total. The number of nitrogens with zero attached hydrogens (tertiary/aromatic N) is 2. The fourth-order valence-electron chi connectivity index (χ4n) is 1.04. The molecule has 0 spiro atoms. The quantitative estimate of drug-likeness (QED) is 0.800. The number of methoxy groups -OCH3 is 1. The van der Waals surface area contributed by atoms with Gasteiger partial charge >= 0.3 is 0 Å². The van der Waals surface area contributed by atoms with E-state index in [0.717, 1.165) is 12.2 Å². The summed E-state index contributed by atoms with van der Waals surface area (Å²) in [5.41, 5.74) is 5.89. The lowest BCUT2D eigenvalue weighted by Gasteiger charge is -2.04. The van der Waals surface area contributed by atoms with Gasteiger partial charge in [-0.15, -0.1) is 0 Å². The van der Waals surface area contributed by atoms with Gasteiger partial charge in [-0.3, -0.25) is 0 Å². The lowest BCUT2D eigenvalue weighted by atomic mass is 10.2. The zero-order valence-corrected chi connectivity index (χ0v) is 10.1. The second-order valence-corrected chi connectivity index (χ2v) is 4.24. The van der Waals surface area contributed by atoms with E-state index in [2.05, 4.69) is 10.1 Å². The summed E-state index contributed by atoms with van der Waals surface area (Å²) in [5, 5.41) is 3.82. The maximum Gasteiger partial charge on any atom is 0.243 e. The molecular weight excluding hydrogens is 214 g/mol. The first-order chi connectivity index (χ1) is 7.19. The highest BCUT2D eigenvalue weighted by Crippen LogP contribution is 2.17. The van der Waals surface area contributed by atoms with Crippen LogP contribution in [0.4, 0.5) is 0 Å². The molecule has 0 aliphatic rings. The van der Waals surface area contributed by atoms with E-state index in [9.17, 15) is 0 Å². The van der Waals surface area contributed by atoms with Crippen LogP contribution in [-0.4, -0.2) is 29.3 Å². The predicted molar refractivity (Wildman–Crippen MR) is 59.6 cm³/mol. The molecule has 1 heterocycles. The molecule has 0 saturated carbocycles. The Kier molecular flexibility index (Phi) is 5.07. The Morgan fingerprint density at radius 1 is 1.60 bits per heavy atom. The number of thioether (sulfide) groups is 1. The van der Waals surface area contributed by atoms with Crippen molar-refractivity contribution in [3.8, 4) is 0 Å².